The van der Waals surface area contributed by atoms with Gasteiger partial charge < -0.3 is 20.1 Å². The molecule has 4 nitrogen and oxygen atoms in total. The van der Waals surface area contributed by atoms with Crippen LogP contribution in [0.5, 0.6) is 0 Å². The van der Waals surface area contributed by atoms with E-state index < -0.39 is 0 Å². The third kappa shape index (κ3) is 7.52. The molecule has 0 aromatic carbocycles. The third-order valence-corrected chi connectivity index (χ3v) is 3.17. The van der Waals surface area contributed by atoms with E-state index in [0.717, 1.165) is 19.7 Å². The number of rotatable bonds is 7. The highest BCUT2D eigenvalue weighted by molar-refractivity contribution is 7.80. The average Bonchev–Trinajstić information content (AvgIpc) is 2.36. The number of hydrogen-bond acceptors (Lipinski definition) is 3. The Labute approximate surface area is 109 Å². The first-order chi connectivity index (χ1) is 8.33. The van der Waals surface area contributed by atoms with E-state index in [1.807, 2.05) is 0 Å². The lowest BCUT2D eigenvalue weighted by Crippen LogP contribution is -2.39. The zero-order chi connectivity index (χ0) is 12.3. The van der Waals surface area contributed by atoms with Gasteiger partial charge in [-0.05, 0) is 25.1 Å². The summed E-state index contributed by atoms with van der Waals surface area (Å²) >= 11 is 5.10. The molecule has 0 saturated heterocycles. The van der Waals surface area contributed by atoms with E-state index in [4.69, 9.17) is 21.7 Å². The molecule has 0 amide bonds. The summed E-state index contributed by atoms with van der Waals surface area (Å²) in [6.07, 6.45) is 6.91. The smallest absolute Gasteiger partial charge is 0.166 e. The molecule has 1 rings (SSSR count). The van der Waals surface area contributed by atoms with Crippen molar-refractivity contribution in [2.45, 2.75) is 38.2 Å². The number of hydrogen-bond donors (Lipinski definition) is 2. The molecule has 0 bridgehead atoms. The van der Waals surface area contributed by atoms with E-state index >= 15 is 0 Å². The Morgan fingerprint density at radius 1 is 1.12 bits per heavy atom. The molecule has 1 saturated carbocycles. The molecular formula is C12H24N2O2S. The van der Waals surface area contributed by atoms with Crippen LogP contribution in [0.1, 0.15) is 32.1 Å². The number of nitrogens with one attached hydrogen (secondary N) is 2. The van der Waals surface area contributed by atoms with Crippen LogP contribution in [0.4, 0.5) is 0 Å². The summed E-state index contributed by atoms with van der Waals surface area (Å²) in [7, 11) is 1.68. The molecule has 0 atom stereocenters. The normalized spacial score (nSPS) is 16.8. The highest BCUT2D eigenvalue weighted by Gasteiger charge is 2.12. The van der Waals surface area contributed by atoms with Gasteiger partial charge in [-0.2, -0.15) is 0 Å². The van der Waals surface area contributed by atoms with Crippen LogP contribution in [0.3, 0.4) is 0 Å². The maximum Gasteiger partial charge on any atom is 0.166 e. The Kier molecular flexibility index (Phi) is 8.30. The van der Waals surface area contributed by atoms with Crippen molar-refractivity contribution in [3.63, 3.8) is 0 Å². The lowest BCUT2D eigenvalue weighted by molar-refractivity contribution is 0.0318. The van der Waals surface area contributed by atoms with Crippen molar-refractivity contribution in [3.05, 3.63) is 0 Å². The molecule has 100 valence electrons. The highest BCUT2D eigenvalue weighted by atomic mass is 32.1. The topological polar surface area (TPSA) is 42.5 Å². The van der Waals surface area contributed by atoms with Gasteiger partial charge in [0, 0.05) is 20.2 Å². The van der Waals surface area contributed by atoms with E-state index in [1.165, 1.54) is 32.1 Å². The number of methoxy groups -OCH3 is 1. The summed E-state index contributed by atoms with van der Waals surface area (Å²) in [6, 6.07) is 0. The average molecular weight is 260 g/mol. The molecular weight excluding hydrogens is 236 g/mol. The van der Waals surface area contributed by atoms with Crippen LogP contribution in [0.25, 0.3) is 0 Å². The molecule has 0 unspecified atom stereocenters. The summed E-state index contributed by atoms with van der Waals surface area (Å²) < 4.78 is 10.7. The van der Waals surface area contributed by atoms with Crippen molar-refractivity contribution in [2.24, 2.45) is 0 Å². The van der Waals surface area contributed by atoms with Crippen LogP contribution in [0.15, 0.2) is 0 Å². The van der Waals surface area contributed by atoms with Crippen molar-refractivity contribution in [1.29, 1.82) is 0 Å². The summed E-state index contributed by atoms with van der Waals surface area (Å²) in [5.41, 5.74) is 0. The van der Waals surface area contributed by atoms with Crippen LogP contribution in [0.2, 0.25) is 0 Å². The van der Waals surface area contributed by atoms with Gasteiger partial charge in [0.25, 0.3) is 0 Å². The van der Waals surface area contributed by atoms with E-state index in [9.17, 15) is 0 Å². The van der Waals surface area contributed by atoms with E-state index in [1.54, 1.807) is 7.11 Å². The third-order valence-electron chi connectivity index (χ3n) is 2.89. The molecule has 0 spiro atoms. The molecule has 0 radical (unpaired) electrons. The predicted octanol–water partition coefficient (Wildman–Crippen LogP) is 1.45. The Bertz CT molecular complexity index is 209. The lowest BCUT2D eigenvalue weighted by Gasteiger charge is -2.22. The van der Waals surface area contributed by atoms with Crippen molar-refractivity contribution in [3.8, 4) is 0 Å². The zero-order valence-electron chi connectivity index (χ0n) is 10.7. The summed E-state index contributed by atoms with van der Waals surface area (Å²) in [6.45, 7) is 2.91. The van der Waals surface area contributed by atoms with Gasteiger partial charge in [-0.1, -0.05) is 19.3 Å². The van der Waals surface area contributed by atoms with Crippen LogP contribution < -0.4 is 10.6 Å². The minimum atomic E-state index is 0.473. The van der Waals surface area contributed by atoms with Gasteiger partial charge in [0.2, 0.25) is 0 Å². The first-order valence-corrected chi connectivity index (χ1v) is 6.86. The van der Waals surface area contributed by atoms with Gasteiger partial charge in [0.05, 0.1) is 19.3 Å². The first kappa shape index (κ1) is 14.7. The van der Waals surface area contributed by atoms with Crippen LogP contribution in [0, 0.1) is 0 Å². The fourth-order valence-electron chi connectivity index (χ4n) is 1.95. The minimum Gasteiger partial charge on any atom is -0.383 e. The molecule has 5 heteroatoms. The van der Waals surface area contributed by atoms with Crippen LogP contribution >= 0.6 is 12.2 Å². The van der Waals surface area contributed by atoms with Crippen LogP contribution in [-0.2, 0) is 9.47 Å². The minimum absolute atomic E-state index is 0.473. The first-order valence-electron chi connectivity index (χ1n) is 6.45. The molecule has 2 N–H and O–H groups in total. The quantitative estimate of drug-likeness (QED) is 0.536. The molecule has 0 aliphatic heterocycles. The Balaban J connectivity index is 1.90. The summed E-state index contributed by atoms with van der Waals surface area (Å²) in [5.74, 6) is 0. The molecule has 1 aliphatic rings. The standard InChI is InChI=1S/C12H24N2O2S/c1-15-9-7-13-12(17)14-8-10-16-11-5-3-2-4-6-11/h11H,2-10H2,1H3,(H2,13,14,17). The van der Waals surface area contributed by atoms with E-state index in [-0.39, 0.29) is 0 Å². The molecule has 0 heterocycles. The van der Waals surface area contributed by atoms with Crippen LogP contribution in [-0.4, -0.2) is 44.6 Å². The van der Waals surface area contributed by atoms with E-state index in [0.29, 0.717) is 17.8 Å². The maximum absolute atomic E-state index is 5.78. The fraction of sp³-hybridized carbons (Fsp3) is 0.917. The van der Waals surface area contributed by atoms with Crippen molar-refractivity contribution in [1.82, 2.24) is 10.6 Å². The second kappa shape index (κ2) is 9.62. The second-order valence-corrected chi connectivity index (χ2v) is 4.71. The van der Waals surface area contributed by atoms with Gasteiger partial charge in [-0.25, -0.2) is 0 Å². The fourth-order valence-corrected chi connectivity index (χ4v) is 2.16. The van der Waals surface area contributed by atoms with Crippen molar-refractivity contribution in [2.75, 3.05) is 33.4 Å². The Morgan fingerprint density at radius 2 is 1.76 bits per heavy atom. The monoisotopic (exact) mass is 260 g/mol. The molecule has 1 aliphatic carbocycles. The number of ether oxygens (including phenoxy) is 2. The summed E-state index contributed by atoms with van der Waals surface area (Å²) in [5, 5.41) is 6.86. The maximum atomic E-state index is 5.78. The molecule has 1 fully saturated rings. The van der Waals surface area contributed by atoms with Crippen molar-refractivity contribution >= 4 is 17.3 Å². The van der Waals surface area contributed by atoms with Gasteiger partial charge in [-0.15, -0.1) is 0 Å². The summed E-state index contributed by atoms with van der Waals surface area (Å²) in [4.78, 5) is 0. The lowest BCUT2D eigenvalue weighted by atomic mass is 9.98. The highest BCUT2D eigenvalue weighted by Crippen LogP contribution is 2.19. The van der Waals surface area contributed by atoms with Gasteiger partial charge in [0.1, 0.15) is 0 Å². The van der Waals surface area contributed by atoms with E-state index in [2.05, 4.69) is 10.6 Å². The predicted molar refractivity (Wildman–Crippen MR) is 73.3 cm³/mol. The second-order valence-electron chi connectivity index (χ2n) is 4.31. The zero-order valence-corrected chi connectivity index (χ0v) is 11.5. The molecule has 17 heavy (non-hydrogen) atoms. The largest absolute Gasteiger partial charge is 0.383 e. The van der Waals surface area contributed by atoms with Crippen molar-refractivity contribution < 1.29 is 9.47 Å². The Morgan fingerprint density at radius 3 is 2.41 bits per heavy atom. The number of thiocarbonyl (C=S) groups is 1. The van der Waals surface area contributed by atoms with Gasteiger partial charge in [0.15, 0.2) is 5.11 Å². The SMILES string of the molecule is COCCNC(=S)NCCOC1CCCCC1. The Hall–Kier alpha value is -0.390. The van der Waals surface area contributed by atoms with Gasteiger partial charge in [-0.3, -0.25) is 0 Å². The van der Waals surface area contributed by atoms with Gasteiger partial charge >= 0.3 is 0 Å². The molecule has 0 aromatic rings. The molecule has 0 aromatic heterocycles.